The molecule has 0 aliphatic carbocycles. The van der Waals surface area contributed by atoms with Crippen molar-refractivity contribution in [3.8, 4) is 0 Å². The van der Waals surface area contributed by atoms with Crippen LogP contribution in [0.3, 0.4) is 0 Å². The molecule has 1 saturated heterocycles. The Morgan fingerprint density at radius 1 is 1.21 bits per heavy atom. The molecule has 0 bridgehead atoms. The molecule has 7 nitrogen and oxygen atoms in total. The number of carbonyl (C=O) groups excluding carboxylic acids is 1. The number of anilines is 2. The van der Waals surface area contributed by atoms with Gasteiger partial charge in [-0.15, -0.1) is 11.3 Å². The molecule has 3 aromatic rings. The highest BCUT2D eigenvalue weighted by molar-refractivity contribution is 7.09. The number of pyridine rings is 1. The molecule has 0 radical (unpaired) electrons. The third-order valence-corrected chi connectivity index (χ3v) is 5.65. The van der Waals surface area contributed by atoms with E-state index < -0.39 is 0 Å². The second kappa shape index (κ2) is 8.48. The number of carbonyl (C=O) groups is 1. The number of hydrogen-bond donors (Lipinski definition) is 1. The third-order valence-electron chi connectivity index (χ3n) is 4.86. The van der Waals surface area contributed by atoms with E-state index in [2.05, 4.69) is 25.3 Å². The highest BCUT2D eigenvalue weighted by atomic mass is 32.1. The zero-order valence-corrected chi connectivity index (χ0v) is 17.2. The molecule has 1 atom stereocenters. The maximum absolute atomic E-state index is 12.9. The molecule has 1 fully saturated rings. The summed E-state index contributed by atoms with van der Waals surface area (Å²) in [5, 5.41) is 6.22. The number of hydrogen-bond acceptors (Lipinski definition) is 7. The van der Waals surface area contributed by atoms with E-state index in [1.807, 2.05) is 36.3 Å². The fourth-order valence-corrected chi connectivity index (χ4v) is 4.02. The van der Waals surface area contributed by atoms with Crippen LogP contribution in [-0.4, -0.2) is 37.3 Å². The van der Waals surface area contributed by atoms with Gasteiger partial charge in [0, 0.05) is 36.6 Å². The van der Waals surface area contributed by atoms with E-state index in [0.717, 1.165) is 40.6 Å². The molecule has 148 valence electrons. The highest BCUT2D eigenvalue weighted by Crippen LogP contribution is 2.35. The molecule has 0 aromatic carbocycles. The quantitative estimate of drug-likeness (QED) is 0.643. The summed E-state index contributed by atoms with van der Waals surface area (Å²) in [6.07, 6.45) is 10.2. The van der Waals surface area contributed by atoms with Gasteiger partial charge in [0.05, 0.1) is 16.7 Å². The Balaban J connectivity index is 1.56. The highest BCUT2D eigenvalue weighted by Gasteiger charge is 2.32. The Morgan fingerprint density at radius 2 is 2.03 bits per heavy atom. The zero-order chi connectivity index (χ0) is 20.2. The Bertz CT molecular complexity index is 1050. The smallest absolute Gasteiger partial charge is 0.247 e. The van der Waals surface area contributed by atoms with Crippen molar-refractivity contribution in [3.63, 3.8) is 0 Å². The molecule has 0 saturated carbocycles. The number of nitrogens with zero attached hydrogens (tertiary/aromatic N) is 5. The topological polar surface area (TPSA) is 83.9 Å². The second-order valence-corrected chi connectivity index (χ2v) is 7.96. The molecule has 4 heterocycles. The minimum Gasteiger partial charge on any atom is -0.330 e. The van der Waals surface area contributed by atoms with Gasteiger partial charge < -0.3 is 10.2 Å². The predicted octanol–water partition coefficient (Wildman–Crippen LogP) is 4.07. The van der Waals surface area contributed by atoms with Crippen molar-refractivity contribution in [3.05, 3.63) is 64.1 Å². The van der Waals surface area contributed by atoms with Gasteiger partial charge in [0.15, 0.2) is 5.82 Å². The second-order valence-electron chi connectivity index (χ2n) is 6.90. The van der Waals surface area contributed by atoms with E-state index >= 15 is 0 Å². The van der Waals surface area contributed by atoms with E-state index in [4.69, 9.17) is 0 Å². The maximum atomic E-state index is 12.9. The minimum atomic E-state index is -0.121. The van der Waals surface area contributed by atoms with Gasteiger partial charge in [0.1, 0.15) is 11.5 Å². The predicted molar refractivity (Wildman–Crippen MR) is 114 cm³/mol. The Hall–Kier alpha value is -3.13. The van der Waals surface area contributed by atoms with Crippen molar-refractivity contribution in [2.45, 2.75) is 32.7 Å². The molecule has 8 heteroatoms. The number of amides is 1. The normalized spacial score (nSPS) is 16.5. The van der Waals surface area contributed by atoms with Crippen molar-refractivity contribution in [2.75, 3.05) is 11.9 Å². The number of aryl methyl sites for hydroxylation is 2. The molecule has 4 rings (SSSR count). The molecule has 1 aliphatic heterocycles. The summed E-state index contributed by atoms with van der Waals surface area (Å²) < 4.78 is 0. The summed E-state index contributed by atoms with van der Waals surface area (Å²) in [4.78, 5) is 32.5. The molecule has 1 aliphatic rings. The number of thiazole rings is 1. The summed E-state index contributed by atoms with van der Waals surface area (Å²) in [5.41, 5.74) is 2.59. The van der Waals surface area contributed by atoms with Crippen LogP contribution >= 0.6 is 11.3 Å². The van der Waals surface area contributed by atoms with Crippen LogP contribution in [0.15, 0.2) is 42.2 Å². The lowest BCUT2D eigenvalue weighted by Gasteiger charge is -2.24. The lowest BCUT2D eigenvalue weighted by Crippen LogP contribution is -2.30. The molecule has 0 spiro atoms. The third kappa shape index (κ3) is 4.32. The van der Waals surface area contributed by atoms with Crippen LogP contribution in [-0.2, 0) is 4.79 Å². The van der Waals surface area contributed by atoms with Gasteiger partial charge in [-0.3, -0.25) is 9.78 Å². The van der Waals surface area contributed by atoms with Crippen molar-refractivity contribution < 1.29 is 4.79 Å². The first-order valence-corrected chi connectivity index (χ1v) is 10.4. The standard InChI is InChI=1S/C21H22N6OS/c1-14-5-3-9-23-20(14)26-21-19(22-10-11-24-21)17-6-4-12-27(17)18(28)8-7-16-13-29-15(2)25-16/h3,5,7-11,13,17H,4,6,12H2,1-2H3,(H,23,24,26). The summed E-state index contributed by atoms with van der Waals surface area (Å²) in [5.74, 6) is 1.34. The fourth-order valence-electron chi connectivity index (χ4n) is 3.44. The van der Waals surface area contributed by atoms with Gasteiger partial charge >= 0.3 is 0 Å². The Labute approximate surface area is 173 Å². The first-order valence-electron chi connectivity index (χ1n) is 9.52. The van der Waals surface area contributed by atoms with Gasteiger partial charge in [0.2, 0.25) is 5.91 Å². The van der Waals surface area contributed by atoms with E-state index in [1.165, 1.54) is 0 Å². The number of likely N-dealkylation sites (tertiary alicyclic amines) is 1. The lowest BCUT2D eigenvalue weighted by atomic mass is 10.1. The summed E-state index contributed by atoms with van der Waals surface area (Å²) in [7, 11) is 0. The van der Waals surface area contributed by atoms with Crippen LogP contribution in [0.5, 0.6) is 0 Å². The van der Waals surface area contributed by atoms with Gasteiger partial charge in [-0.1, -0.05) is 6.07 Å². The summed E-state index contributed by atoms with van der Waals surface area (Å²) in [6, 6.07) is 3.76. The van der Waals surface area contributed by atoms with Crippen molar-refractivity contribution >= 4 is 35.0 Å². The van der Waals surface area contributed by atoms with Crippen molar-refractivity contribution in [1.82, 2.24) is 24.8 Å². The number of nitrogens with one attached hydrogen (secondary N) is 1. The molecular formula is C21H22N6OS. The van der Waals surface area contributed by atoms with Crippen LogP contribution in [0, 0.1) is 13.8 Å². The molecular weight excluding hydrogens is 384 g/mol. The molecule has 1 amide bonds. The maximum Gasteiger partial charge on any atom is 0.247 e. The van der Waals surface area contributed by atoms with Crippen molar-refractivity contribution in [2.24, 2.45) is 0 Å². The average Bonchev–Trinajstić information content (AvgIpc) is 3.37. The van der Waals surface area contributed by atoms with Crippen LogP contribution in [0.4, 0.5) is 11.6 Å². The Kier molecular flexibility index (Phi) is 5.62. The van der Waals surface area contributed by atoms with Crippen LogP contribution < -0.4 is 5.32 Å². The zero-order valence-electron chi connectivity index (χ0n) is 16.4. The van der Waals surface area contributed by atoms with Crippen LogP contribution in [0.2, 0.25) is 0 Å². The van der Waals surface area contributed by atoms with Crippen LogP contribution in [0.25, 0.3) is 6.08 Å². The lowest BCUT2D eigenvalue weighted by molar-refractivity contribution is -0.126. The number of aromatic nitrogens is 4. The van der Waals surface area contributed by atoms with E-state index in [0.29, 0.717) is 12.4 Å². The van der Waals surface area contributed by atoms with E-state index in [1.54, 1.807) is 42.1 Å². The van der Waals surface area contributed by atoms with E-state index in [-0.39, 0.29) is 11.9 Å². The van der Waals surface area contributed by atoms with Gasteiger partial charge in [-0.05, 0) is 44.4 Å². The molecule has 1 unspecified atom stereocenters. The van der Waals surface area contributed by atoms with Gasteiger partial charge in [-0.2, -0.15) is 0 Å². The SMILES string of the molecule is Cc1nc(C=CC(=O)N2CCCC2c2nccnc2Nc2ncccc2C)cs1. The Morgan fingerprint density at radius 3 is 2.83 bits per heavy atom. The summed E-state index contributed by atoms with van der Waals surface area (Å²) >= 11 is 1.57. The molecule has 1 N–H and O–H groups in total. The first-order chi connectivity index (χ1) is 14.1. The average molecular weight is 407 g/mol. The molecule has 3 aromatic heterocycles. The molecule has 29 heavy (non-hydrogen) atoms. The van der Waals surface area contributed by atoms with Crippen LogP contribution in [0.1, 0.15) is 40.8 Å². The van der Waals surface area contributed by atoms with Gasteiger partial charge in [-0.25, -0.2) is 15.0 Å². The fraction of sp³-hybridized carbons (Fsp3) is 0.286. The first kappa shape index (κ1) is 19.2. The minimum absolute atomic E-state index is 0.0382. The monoisotopic (exact) mass is 406 g/mol. The summed E-state index contributed by atoms with van der Waals surface area (Å²) in [6.45, 7) is 4.64. The van der Waals surface area contributed by atoms with E-state index in [9.17, 15) is 4.79 Å². The van der Waals surface area contributed by atoms with Crippen molar-refractivity contribution in [1.29, 1.82) is 0 Å². The number of rotatable bonds is 5. The largest absolute Gasteiger partial charge is 0.330 e. The van der Waals surface area contributed by atoms with Gasteiger partial charge in [0.25, 0.3) is 0 Å².